The van der Waals surface area contributed by atoms with E-state index in [1.54, 1.807) is 0 Å². The Hall–Kier alpha value is -0.830. The van der Waals surface area contributed by atoms with Crippen LogP contribution in [0.5, 0.6) is 0 Å². The van der Waals surface area contributed by atoms with E-state index in [9.17, 15) is 5.11 Å². The minimum absolute atomic E-state index is 0.563. The molecule has 0 saturated carbocycles. The summed E-state index contributed by atoms with van der Waals surface area (Å²) in [6, 6.07) is 2.14. The Balaban J connectivity index is 2.88. The number of hydrogen-bond donors (Lipinski definition) is 1. The zero-order chi connectivity index (χ0) is 12.9. The first-order chi connectivity index (χ1) is 8.08. The van der Waals surface area contributed by atoms with E-state index in [1.165, 1.54) is 5.69 Å². The van der Waals surface area contributed by atoms with Crippen molar-refractivity contribution in [1.82, 2.24) is 9.78 Å². The Morgan fingerprint density at radius 1 is 1.29 bits per heavy atom. The van der Waals surface area contributed by atoms with Gasteiger partial charge in [0.05, 0.1) is 11.3 Å². The van der Waals surface area contributed by atoms with Crippen molar-refractivity contribution < 1.29 is 5.11 Å². The molecule has 3 heteroatoms. The SMILES string of the molecule is CCCC(O)(CC)Cc1cc(CC)nn1CC. The van der Waals surface area contributed by atoms with E-state index in [1.807, 2.05) is 4.68 Å². The van der Waals surface area contributed by atoms with Gasteiger partial charge in [0, 0.05) is 18.7 Å². The molecule has 0 fully saturated rings. The van der Waals surface area contributed by atoms with Crippen molar-refractivity contribution in [3.63, 3.8) is 0 Å². The van der Waals surface area contributed by atoms with Gasteiger partial charge in [-0.15, -0.1) is 0 Å². The third-order valence-electron chi connectivity index (χ3n) is 3.46. The predicted octanol–water partition coefficient (Wildman–Crippen LogP) is 2.95. The lowest BCUT2D eigenvalue weighted by Crippen LogP contribution is -2.31. The van der Waals surface area contributed by atoms with Crippen molar-refractivity contribution in [1.29, 1.82) is 0 Å². The Morgan fingerprint density at radius 2 is 2.00 bits per heavy atom. The summed E-state index contributed by atoms with van der Waals surface area (Å²) < 4.78 is 2.02. The molecule has 0 aliphatic heterocycles. The number of aryl methyl sites for hydroxylation is 2. The molecule has 0 aliphatic rings. The van der Waals surface area contributed by atoms with E-state index < -0.39 is 5.60 Å². The molecule has 0 aromatic carbocycles. The Labute approximate surface area is 105 Å². The van der Waals surface area contributed by atoms with Crippen LogP contribution in [-0.4, -0.2) is 20.5 Å². The second-order valence-electron chi connectivity index (χ2n) is 4.80. The maximum absolute atomic E-state index is 10.5. The molecule has 0 radical (unpaired) electrons. The molecule has 17 heavy (non-hydrogen) atoms. The fraction of sp³-hybridized carbons (Fsp3) is 0.786. The van der Waals surface area contributed by atoms with Gasteiger partial charge in [-0.2, -0.15) is 5.10 Å². The lowest BCUT2D eigenvalue weighted by Gasteiger charge is -2.26. The molecule has 1 atom stereocenters. The lowest BCUT2D eigenvalue weighted by atomic mass is 9.89. The van der Waals surface area contributed by atoms with Gasteiger partial charge >= 0.3 is 0 Å². The Kier molecular flexibility index (Phi) is 5.19. The van der Waals surface area contributed by atoms with E-state index in [0.29, 0.717) is 0 Å². The van der Waals surface area contributed by atoms with Crippen molar-refractivity contribution in [3.05, 3.63) is 17.5 Å². The van der Waals surface area contributed by atoms with E-state index >= 15 is 0 Å². The molecular weight excluding hydrogens is 212 g/mol. The summed E-state index contributed by atoms with van der Waals surface area (Å²) in [4.78, 5) is 0. The number of nitrogens with zero attached hydrogens (tertiary/aromatic N) is 2. The van der Waals surface area contributed by atoms with Crippen molar-refractivity contribution in [2.45, 2.75) is 71.9 Å². The first-order valence-corrected chi connectivity index (χ1v) is 6.86. The summed E-state index contributed by atoms with van der Waals surface area (Å²) in [6.45, 7) is 9.27. The third kappa shape index (κ3) is 3.56. The summed E-state index contributed by atoms with van der Waals surface area (Å²) in [5.74, 6) is 0. The summed E-state index contributed by atoms with van der Waals surface area (Å²) >= 11 is 0. The molecule has 1 aromatic heterocycles. The smallest absolute Gasteiger partial charge is 0.0700 e. The lowest BCUT2D eigenvalue weighted by molar-refractivity contribution is 0.0252. The van der Waals surface area contributed by atoms with Gasteiger partial charge in [0.1, 0.15) is 0 Å². The van der Waals surface area contributed by atoms with Crippen LogP contribution in [0.15, 0.2) is 6.07 Å². The molecule has 0 spiro atoms. The second-order valence-corrected chi connectivity index (χ2v) is 4.80. The molecule has 1 N–H and O–H groups in total. The van der Waals surface area contributed by atoms with Crippen molar-refractivity contribution in [3.8, 4) is 0 Å². The maximum atomic E-state index is 10.5. The van der Waals surface area contributed by atoms with Gasteiger partial charge in [-0.25, -0.2) is 0 Å². The minimum Gasteiger partial charge on any atom is -0.389 e. The Bertz CT molecular complexity index is 346. The van der Waals surface area contributed by atoms with E-state index in [2.05, 4.69) is 38.9 Å². The van der Waals surface area contributed by atoms with E-state index in [0.717, 1.165) is 44.3 Å². The molecule has 1 rings (SSSR count). The van der Waals surface area contributed by atoms with Crippen LogP contribution in [0.1, 0.15) is 58.3 Å². The molecule has 3 nitrogen and oxygen atoms in total. The standard InChI is InChI=1S/C14H26N2O/c1-5-9-14(17,7-3)11-13-10-12(6-2)15-16(13)8-4/h10,17H,5-9,11H2,1-4H3. The number of rotatable bonds is 7. The van der Waals surface area contributed by atoms with E-state index in [-0.39, 0.29) is 0 Å². The summed E-state index contributed by atoms with van der Waals surface area (Å²) in [7, 11) is 0. The van der Waals surface area contributed by atoms with Crippen LogP contribution in [0.2, 0.25) is 0 Å². The van der Waals surface area contributed by atoms with Gasteiger partial charge in [0.2, 0.25) is 0 Å². The second kappa shape index (κ2) is 6.20. The molecule has 0 aliphatic carbocycles. The number of aliphatic hydroxyl groups is 1. The van der Waals surface area contributed by atoms with Crippen LogP contribution in [0.4, 0.5) is 0 Å². The zero-order valence-corrected chi connectivity index (χ0v) is 11.7. The van der Waals surface area contributed by atoms with Gasteiger partial charge < -0.3 is 5.11 Å². The summed E-state index contributed by atoms with van der Waals surface area (Å²) in [6.07, 6.45) is 4.36. The van der Waals surface area contributed by atoms with Crippen LogP contribution in [0.25, 0.3) is 0 Å². The highest BCUT2D eigenvalue weighted by atomic mass is 16.3. The minimum atomic E-state index is -0.563. The normalized spacial score (nSPS) is 14.9. The van der Waals surface area contributed by atoms with Crippen molar-refractivity contribution in [2.75, 3.05) is 0 Å². The zero-order valence-electron chi connectivity index (χ0n) is 11.7. The topological polar surface area (TPSA) is 38.1 Å². The van der Waals surface area contributed by atoms with Crippen molar-refractivity contribution >= 4 is 0 Å². The molecule has 0 bridgehead atoms. The third-order valence-corrected chi connectivity index (χ3v) is 3.46. The van der Waals surface area contributed by atoms with Gasteiger partial charge in [-0.1, -0.05) is 27.2 Å². The van der Waals surface area contributed by atoms with Crippen molar-refractivity contribution in [2.24, 2.45) is 0 Å². The molecule has 1 aromatic rings. The fourth-order valence-corrected chi connectivity index (χ4v) is 2.30. The van der Waals surface area contributed by atoms with Crippen LogP contribution in [-0.2, 0) is 19.4 Å². The molecule has 1 unspecified atom stereocenters. The fourth-order valence-electron chi connectivity index (χ4n) is 2.30. The van der Waals surface area contributed by atoms with E-state index in [4.69, 9.17) is 0 Å². The highest BCUT2D eigenvalue weighted by Gasteiger charge is 2.25. The molecular formula is C14H26N2O. The van der Waals surface area contributed by atoms with Crippen LogP contribution in [0.3, 0.4) is 0 Å². The summed E-state index contributed by atoms with van der Waals surface area (Å²) in [5, 5.41) is 15.1. The van der Waals surface area contributed by atoms with Crippen LogP contribution >= 0.6 is 0 Å². The first kappa shape index (κ1) is 14.2. The summed E-state index contributed by atoms with van der Waals surface area (Å²) in [5.41, 5.74) is 1.73. The average molecular weight is 238 g/mol. The van der Waals surface area contributed by atoms with Gasteiger partial charge in [0.15, 0.2) is 0 Å². The average Bonchev–Trinajstić information content (AvgIpc) is 2.71. The highest BCUT2D eigenvalue weighted by molar-refractivity contribution is 5.13. The Morgan fingerprint density at radius 3 is 2.47 bits per heavy atom. The molecule has 0 amide bonds. The molecule has 0 saturated heterocycles. The van der Waals surface area contributed by atoms with Gasteiger partial charge in [0.25, 0.3) is 0 Å². The first-order valence-electron chi connectivity index (χ1n) is 6.86. The highest BCUT2D eigenvalue weighted by Crippen LogP contribution is 2.23. The quantitative estimate of drug-likeness (QED) is 0.793. The monoisotopic (exact) mass is 238 g/mol. The number of hydrogen-bond acceptors (Lipinski definition) is 2. The van der Waals surface area contributed by atoms with Gasteiger partial charge in [-0.05, 0) is 32.3 Å². The van der Waals surface area contributed by atoms with Crippen LogP contribution in [0, 0.1) is 0 Å². The molecule has 98 valence electrons. The largest absolute Gasteiger partial charge is 0.389 e. The molecule has 1 heterocycles. The predicted molar refractivity (Wildman–Crippen MR) is 71.1 cm³/mol. The van der Waals surface area contributed by atoms with Crippen LogP contribution < -0.4 is 0 Å². The maximum Gasteiger partial charge on any atom is 0.0700 e. The number of aromatic nitrogens is 2. The van der Waals surface area contributed by atoms with Gasteiger partial charge in [-0.3, -0.25) is 4.68 Å².